The molecule has 2 aromatic carbocycles. The molecule has 1 atom stereocenters. The second-order valence-electron chi connectivity index (χ2n) is 8.76. The summed E-state index contributed by atoms with van der Waals surface area (Å²) in [5, 5.41) is 13.4. The number of nitrogens with zero attached hydrogens (tertiary/aromatic N) is 1. The molecule has 0 aliphatic carbocycles. The van der Waals surface area contributed by atoms with Crippen molar-refractivity contribution in [3.8, 4) is 5.75 Å². The lowest BCUT2D eigenvalue weighted by atomic mass is 9.92. The maximum absolute atomic E-state index is 13.3. The van der Waals surface area contributed by atoms with Gasteiger partial charge in [-0.3, -0.25) is 9.59 Å². The van der Waals surface area contributed by atoms with Crippen molar-refractivity contribution in [2.75, 3.05) is 6.61 Å². The van der Waals surface area contributed by atoms with Crippen molar-refractivity contribution < 1.29 is 19.4 Å². The molecule has 1 amide bonds. The Kier molecular flexibility index (Phi) is 6.89. The number of aliphatic hydroxyl groups excluding tert-OH is 1. The van der Waals surface area contributed by atoms with Gasteiger partial charge in [-0.2, -0.15) is 0 Å². The van der Waals surface area contributed by atoms with Crippen LogP contribution in [0.15, 0.2) is 65.6 Å². The molecule has 2 heterocycles. The van der Waals surface area contributed by atoms with E-state index in [1.165, 1.54) is 11.3 Å². The highest BCUT2D eigenvalue weighted by Crippen LogP contribution is 2.41. The zero-order valence-electron chi connectivity index (χ0n) is 19.9. The summed E-state index contributed by atoms with van der Waals surface area (Å²) < 4.78 is 5.75. The van der Waals surface area contributed by atoms with Gasteiger partial charge in [0.15, 0.2) is 0 Å². The Morgan fingerprint density at radius 2 is 1.91 bits per heavy atom. The Morgan fingerprint density at radius 1 is 1.12 bits per heavy atom. The largest absolute Gasteiger partial charge is 0.507 e. The van der Waals surface area contributed by atoms with E-state index in [4.69, 9.17) is 4.74 Å². The van der Waals surface area contributed by atoms with Gasteiger partial charge in [-0.05, 0) is 60.5 Å². The molecule has 0 radical (unpaired) electrons. The van der Waals surface area contributed by atoms with Crippen LogP contribution in [-0.2, 0) is 16.1 Å². The van der Waals surface area contributed by atoms with E-state index in [0.29, 0.717) is 18.7 Å². The molecule has 0 spiro atoms. The van der Waals surface area contributed by atoms with Crippen LogP contribution in [0.4, 0.5) is 0 Å². The molecule has 6 heteroatoms. The predicted octanol–water partition coefficient (Wildman–Crippen LogP) is 6.20. The minimum atomic E-state index is -0.670. The highest BCUT2D eigenvalue weighted by molar-refractivity contribution is 7.09. The molecule has 1 aromatic heterocycles. The van der Waals surface area contributed by atoms with Crippen LogP contribution >= 0.6 is 11.3 Å². The SMILES string of the molecule is CCOc1ccc(/C(O)=C2/C(=O)C(=O)N(Cc3cccs3)C2c2cccc(C)c2)cc1C(C)C. The lowest BCUT2D eigenvalue weighted by Crippen LogP contribution is -2.28. The van der Waals surface area contributed by atoms with E-state index in [1.807, 2.05) is 81.6 Å². The number of aryl methyl sites for hydroxylation is 1. The van der Waals surface area contributed by atoms with Crippen LogP contribution in [0.3, 0.4) is 0 Å². The summed E-state index contributed by atoms with van der Waals surface area (Å²) in [4.78, 5) is 29.0. The zero-order chi connectivity index (χ0) is 24.4. The fourth-order valence-electron chi connectivity index (χ4n) is 4.39. The molecule has 176 valence electrons. The van der Waals surface area contributed by atoms with Gasteiger partial charge in [0.05, 0.1) is 24.8 Å². The molecule has 1 aliphatic heterocycles. The average molecular weight is 476 g/mol. The summed E-state index contributed by atoms with van der Waals surface area (Å²) in [6.45, 7) is 8.83. The second-order valence-corrected chi connectivity index (χ2v) is 9.79. The maximum Gasteiger partial charge on any atom is 0.295 e. The summed E-state index contributed by atoms with van der Waals surface area (Å²) in [6.07, 6.45) is 0. The van der Waals surface area contributed by atoms with Gasteiger partial charge in [-0.15, -0.1) is 11.3 Å². The first-order chi connectivity index (χ1) is 16.3. The molecule has 1 fully saturated rings. The fourth-order valence-corrected chi connectivity index (χ4v) is 5.09. The standard InChI is InChI=1S/C28H29NO4S/c1-5-33-23-12-11-20(15-22(23)17(2)3)26(30)24-25(19-9-6-8-18(4)14-19)29(28(32)27(24)31)16-21-10-7-13-34-21/h6-15,17,25,30H,5,16H2,1-4H3/b26-24-. The summed E-state index contributed by atoms with van der Waals surface area (Å²) in [6, 6.07) is 16.3. The number of thiophene rings is 1. The average Bonchev–Trinajstić information content (AvgIpc) is 3.41. The Bertz CT molecular complexity index is 1240. The van der Waals surface area contributed by atoms with E-state index in [-0.39, 0.29) is 17.3 Å². The number of carbonyl (C=O) groups is 2. The van der Waals surface area contributed by atoms with Gasteiger partial charge in [0.1, 0.15) is 11.5 Å². The summed E-state index contributed by atoms with van der Waals surface area (Å²) in [5.74, 6) is -0.522. The van der Waals surface area contributed by atoms with Crippen LogP contribution in [0, 0.1) is 6.92 Å². The molecule has 1 unspecified atom stereocenters. The monoisotopic (exact) mass is 475 g/mol. The first-order valence-corrected chi connectivity index (χ1v) is 12.3. The van der Waals surface area contributed by atoms with Crippen LogP contribution in [0.5, 0.6) is 5.75 Å². The number of aliphatic hydroxyl groups is 1. The van der Waals surface area contributed by atoms with Gasteiger partial charge >= 0.3 is 0 Å². The van der Waals surface area contributed by atoms with Gasteiger partial charge in [0, 0.05) is 10.4 Å². The number of Topliss-reactive ketones (excluding diaryl/α,β-unsaturated/α-hetero) is 1. The van der Waals surface area contributed by atoms with Gasteiger partial charge in [-0.25, -0.2) is 0 Å². The number of hydrogen-bond acceptors (Lipinski definition) is 5. The highest BCUT2D eigenvalue weighted by atomic mass is 32.1. The molecule has 1 aliphatic rings. The van der Waals surface area contributed by atoms with Crippen molar-refractivity contribution in [1.29, 1.82) is 0 Å². The molecule has 3 aromatic rings. The van der Waals surface area contributed by atoms with Crippen molar-refractivity contribution >= 4 is 28.8 Å². The smallest absolute Gasteiger partial charge is 0.295 e. The van der Waals surface area contributed by atoms with E-state index in [9.17, 15) is 14.7 Å². The van der Waals surface area contributed by atoms with Crippen LogP contribution in [0.2, 0.25) is 0 Å². The summed E-state index contributed by atoms with van der Waals surface area (Å²) >= 11 is 1.53. The number of rotatable bonds is 7. The van der Waals surface area contributed by atoms with E-state index < -0.39 is 17.7 Å². The molecule has 1 N–H and O–H groups in total. The first kappa shape index (κ1) is 23.8. The molecular formula is C28H29NO4S. The van der Waals surface area contributed by atoms with Crippen molar-refractivity contribution in [3.63, 3.8) is 0 Å². The van der Waals surface area contributed by atoms with E-state index >= 15 is 0 Å². The van der Waals surface area contributed by atoms with Crippen LogP contribution in [-0.4, -0.2) is 28.3 Å². The first-order valence-electron chi connectivity index (χ1n) is 11.5. The minimum absolute atomic E-state index is 0.117. The predicted molar refractivity (Wildman–Crippen MR) is 135 cm³/mol. The number of amides is 1. The lowest BCUT2D eigenvalue weighted by molar-refractivity contribution is -0.140. The summed E-state index contributed by atoms with van der Waals surface area (Å²) in [5.41, 5.74) is 3.37. The van der Waals surface area contributed by atoms with Gasteiger partial charge < -0.3 is 14.7 Å². The van der Waals surface area contributed by atoms with Gasteiger partial charge in [0.25, 0.3) is 11.7 Å². The third-order valence-corrected chi connectivity index (χ3v) is 6.87. The molecular weight excluding hydrogens is 446 g/mol. The second kappa shape index (κ2) is 9.85. The molecule has 0 bridgehead atoms. The minimum Gasteiger partial charge on any atom is -0.507 e. The number of hydrogen-bond donors (Lipinski definition) is 1. The third-order valence-electron chi connectivity index (χ3n) is 6.01. The number of carbonyl (C=O) groups excluding carboxylic acids is 2. The van der Waals surface area contributed by atoms with E-state index in [1.54, 1.807) is 11.0 Å². The highest BCUT2D eigenvalue weighted by Gasteiger charge is 2.46. The van der Waals surface area contributed by atoms with E-state index in [0.717, 1.165) is 27.3 Å². The van der Waals surface area contributed by atoms with E-state index in [2.05, 4.69) is 0 Å². The van der Waals surface area contributed by atoms with Crippen molar-refractivity contribution in [2.24, 2.45) is 0 Å². The van der Waals surface area contributed by atoms with Crippen LogP contribution in [0.1, 0.15) is 59.9 Å². The number of benzene rings is 2. The summed E-state index contributed by atoms with van der Waals surface area (Å²) in [7, 11) is 0. The van der Waals surface area contributed by atoms with Crippen molar-refractivity contribution in [2.45, 2.75) is 46.2 Å². The number of ketones is 1. The Morgan fingerprint density at radius 3 is 2.56 bits per heavy atom. The van der Waals surface area contributed by atoms with Crippen molar-refractivity contribution in [3.05, 3.63) is 92.7 Å². The van der Waals surface area contributed by atoms with Gasteiger partial charge in [-0.1, -0.05) is 49.7 Å². The molecule has 34 heavy (non-hydrogen) atoms. The molecule has 0 saturated carbocycles. The lowest BCUT2D eigenvalue weighted by Gasteiger charge is -2.25. The Labute approximate surface area is 204 Å². The maximum atomic E-state index is 13.3. The van der Waals surface area contributed by atoms with Crippen molar-refractivity contribution in [1.82, 2.24) is 4.90 Å². The molecule has 1 saturated heterocycles. The topological polar surface area (TPSA) is 66.8 Å². The fraction of sp³-hybridized carbons (Fsp3) is 0.286. The number of ether oxygens (including phenoxy) is 1. The number of likely N-dealkylation sites (tertiary alicyclic amines) is 1. The zero-order valence-corrected chi connectivity index (χ0v) is 20.7. The molecule has 5 nitrogen and oxygen atoms in total. The van der Waals surface area contributed by atoms with Gasteiger partial charge in [0.2, 0.25) is 0 Å². The van der Waals surface area contributed by atoms with Crippen LogP contribution < -0.4 is 4.74 Å². The Balaban J connectivity index is 1.87. The quantitative estimate of drug-likeness (QED) is 0.251. The molecule has 4 rings (SSSR count). The normalized spacial score (nSPS) is 17.6. The van der Waals surface area contributed by atoms with Crippen LogP contribution in [0.25, 0.3) is 5.76 Å². The Hall–Kier alpha value is -3.38. The third kappa shape index (κ3) is 4.50.